The van der Waals surface area contributed by atoms with Crippen LogP contribution >= 0.6 is 24.8 Å². The molecule has 4 N–H and O–H groups in total. The van der Waals surface area contributed by atoms with Crippen molar-refractivity contribution in [2.75, 3.05) is 0 Å². The van der Waals surface area contributed by atoms with E-state index < -0.39 is 0 Å². The molecule has 1 aromatic carbocycles. The van der Waals surface area contributed by atoms with E-state index in [4.69, 9.17) is 11.5 Å². The third-order valence-electron chi connectivity index (χ3n) is 3.59. The van der Waals surface area contributed by atoms with Gasteiger partial charge in [-0.1, -0.05) is 44.2 Å². The molecule has 18 heavy (non-hydrogen) atoms. The van der Waals surface area contributed by atoms with Gasteiger partial charge in [-0.05, 0) is 31.2 Å². The summed E-state index contributed by atoms with van der Waals surface area (Å²) in [6.07, 6.45) is 3.99. The third kappa shape index (κ3) is 6.05. The molecule has 0 fully saturated rings. The second-order valence-electron chi connectivity index (χ2n) is 4.63. The van der Waals surface area contributed by atoms with E-state index in [-0.39, 0.29) is 36.4 Å². The van der Waals surface area contributed by atoms with Gasteiger partial charge in [0.2, 0.25) is 0 Å². The number of hydrogen-bond donors (Lipinski definition) is 2. The van der Waals surface area contributed by atoms with Crippen molar-refractivity contribution in [3.8, 4) is 0 Å². The molecule has 0 aliphatic rings. The van der Waals surface area contributed by atoms with E-state index in [2.05, 4.69) is 26.0 Å². The fourth-order valence-electron chi connectivity index (χ4n) is 1.91. The number of rotatable bonds is 6. The Kier molecular flexibility index (Phi) is 10.7. The summed E-state index contributed by atoms with van der Waals surface area (Å²) in [5.41, 5.74) is 13.6. The molecule has 1 unspecified atom stereocenters. The number of nitrogens with two attached hydrogens (primary N) is 2. The fraction of sp³-hybridized carbons (Fsp3) is 0.571. The van der Waals surface area contributed by atoms with Crippen LogP contribution in [0.2, 0.25) is 0 Å². The molecular formula is C14H26Cl2N2. The first-order valence-electron chi connectivity index (χ1n) is 6.20. The van der Waals surface area contributed by atoms with Crippen LogP contribution in [0.15, 0.2) is 30.3 Å². The van der Waals surface area contributed by atoms with Gasteiger partial charge in [0.1, 0.15) is 0 Å². The lowest BCUT2D eigenvalue weighted by Gasteiger charge is -2.28. The quantitative estimate of drug-likeness (QED) is 0.837. The smallest absolute Gasteiger partial charge is 0.0295 e. The summed E-state index contributed by atoms with van der Waals surface area (Å²) in [5.74, 6) is 0. The normalized spacial score (nSPS) is 12.2. The number of benzene rings is 1. The summed E-state index contributed by atoms with van der Waals surface area (Å²) < 4.78 is 0. The molecule has 1 aromatic rings. The fourth-order valence-corrected chi connectivity index (χ4v) is 1.91. The van der Waals surface area contributed by atoms with Gasteiger partial charge in [-0.3, -0.25) is 0 Å². The Bertz CT molecular complexity index is 300. The highest BCUT2D eigenvalue weighted by Crippen LogP contribution is 2.23. The summed E-state index contributed by atoms with van der Waals surface area (Å²) in [6.45, 7) is 4.30. The van der Waals surface area contributed by atoms with E-state index in [0.29, 0.717) is 0 Å². The van der Waals surface area contributed by atoms with E-state index in [1.807, 2.05) is 18.2 Å². The molecule has 1 rings (SSSR count). The monoisotopic (exact) mass is 292 g/mol. The van der Waals surface area contributed by atoms with Crippen LogP contribution in [0.25, 0.3) is 0 Å². The summed E-state index contributed by atoms with van der Waals surface area (Å²) in [6, 6.07) is 10.4. The molecule has 0 bridgehead atoms. The molecule has 0 amide bonds. The van der Waals surface area contributed by atoms with Crippen molar-refractivity contribution in [3.05, 3.63) is 35.9 Å². The molecule has 0 aromatic heterocycles. The van der Waals surface area contributed by atoms with Gasteiger partial charge < -0.3 is 11.5 Å². The van der Waals surface area contributed by atoms with E-state index in [1.165, 1.54) is 5.56 Å². The van der Waals surface area contributed by atoms with Crippen LogP contribution in [0.3, 0.4) is 0 Å². The Morgan fingerprint density at radius 2 is 1.56 bits per heavy atom. The lowest BCUT2D eigenvalue weighted by molar-refractivity contribution is 0.344. The van der Waals surface area contributed by atoms with E-state index in [9.17, 15) is 0 Å². The summed E-state index contributed by atoms with van der Waals surface area (Å²) in [7, 11) is 0. The first-order chi connectivity index (χ1) is 7.61. The van der Waals surface area contributed by atoms with Gasteiger partial charge in [-0.25, -0.2) is 0 Å². The minimum absolute atomic E-state index is 0. The highest BCUT2D eigenvalue weighted by Gasteiger charge is 2.21. The number of hydrogen-bond acceptors (Lipinski definition) is 2. The standard InChI is InChI=1S/C14H24N2.2ClH/c1-3-14(16,4-2)11-10-13(15)12-8-6-5-7-9-12;;/h5-9,13H,3-4,10-11,15-16H2,1-2H3;2*1H. The number of halogens is 2. The van der Waals surface area contributed by atoms with Gasteiger partial charge in [0.05, 0.1) is 0 Å². The zero-order valence-corrected chi connectivity index (χ0v) is 12.9. The highest BCUT2D eigenvalue weighted by molar-refractivity contribution is 5.85. The van der Waals surface area contributed by atoms with Crippen LogP contribution < -0.4 is 11.5 Å². The predicted octanol–water partition coefficient (Wildman–Crippen LogP) is 3.83. The maximum absolute atomic E-state index is 6.27. The maximum Gasteiger partial charge on any atom is 0.0295 e. The predicted molar refractivity (Wildman–Crippen MR) is 84.6 cm³/mol. The molecule has 0 heterocycles. The largest absolute Gasteiger partial charge is 0.325 e. The Balaban J connectivity index is 0. The van der Waals surface area contributed by atoms with Crippen LogP contribution in [0.5, 0.6) is 0 Å². The highest BCUT2D eigenvalue weighted by atomic mass is 35.5. The second-order valence-corrected chi connectivity index (χ2v) is 4.63. The van der Waals surface area contributed by atoms with E-state index in [1.54, 1.807) is 0 Å². The van der Waals surface area contributed by atoms with Gasteiger partial charge in [-0.2, -0.15) is 0 Å². The molecule has 2 nitrogen and oxygen atoms in total. The topological polar surface area (TPSA) is 52.0 Å². The van der Waals surface area contributed by atoms with Crippen molar-refractivity contribution in [1.82, 2.24) is 0 Å². The third-order valence-corrected chi connectivity index (χ3v) is 3.59. The van der Waals surface area contributed by atoms with Crippen molar-refractivity contribution in [2.45, 2.75) is 51.1 Å². The zero-order chi connectivity index (χ0) is 12.0. The lowest BCUT2D eigenvalue weighted by Crippen LogP contribution is -2.38. The molecule has 1 atom stereocenters. The molecule has 0 saturated carbocycles. The lowest BCUT2D eigenvalue weighted by atomic mass is 9.86. The molecule has 106 valence electrons. The Hall–Kier alpha value is -0.280. The molecule has 0 aliphatic heterocycles. The van der Waals surface area contributed by atoms with Gasteiger partial charge in [0.25, 0.3) is 0 Å². The molecule has 0 aliphatic carbocycles. The van der Waals surface area contributed by atoms with Crippen molar-refractivity contribution >= 4 is 24.8 Å². The molecule has 4 heteroatoms. The Labute approximate surface area is 123 Å². The van der Waals surface area contributed by atoms with Crippen LogP contribution in [-0.4, -0.2) is 5.54 Å². The van der Waals surface area contributed by atoms with Crippen molar-refractivity contribution in [2.24, 2.45) is 11.5 Å². The summed E-state index contributed by atoms with van der Waals surface area (Å²) in [4.78, 5) is 0. The van der Waals surface area contributed by atoms with Gasteiger partial charge in [0, 0.05) is 11.6 Å². The van der Waals surface area contributed by atoms with E-state index >= 15 is 0 Å². The van der Waals surface area contributed by atoms with Crippen molar-refractivity contribution in [1.29, 1.82) is 0 Å². The molecule has 0 radical (unpaired) electrons. The van der Waals surface area contributed by atoms with Crippen LogP contribution in [0.4, 0.5) is 0 Å². The minimum Gasteiger partial charge on any atom is -0.325 e. The zero-order valence-electron chi connectivity index (χ0n) is 11.3. The van der Waals surface area contributed by atoms with Gasteiger partial charge in [-0.15, -0.1) is 24.8 Å². The van der Waals surface area contributed by atoms with Gasteiger partial charge in [0.15, 0.2) is 0 Å². The molecule has 0 spiro atoms. The molecule has 0 saturated heterocycles. The maximum atomic E-state index is 6.27. The SMILES string of the molecule is CCC(N)(CC)CCC(N)c1ccccc1.Cl.Cl. The summed E-state index contributed by atoms with van der Waals surface area (Å²) >= 11 is 0. The van der Waals surface area contributed by atoms with E-state index in [0.717, 1.165) is 25.7 Å². The van der Waals surface area contributed by atoms with Crippen LogP contribution in [-0.2, 0) is 0 Å². The van der Waals surface area contributed by atoms with Crippen molar-refractivity contribution in [3.63, 3.8) is 0 Å². The first-order valence-corrected chi connectivity index (χ1v) is 6.20. The summed E-state index contributed by atoms with van der Waals surface area (Å²) in [5, 5.41) is 0. The van der Waals surface area contributed by atoms with Gasteiger partial charge >= 0.3 is 0 Å². The minimum atomic E-state index is -0.0353. The first kappa shape index (κ1) is 20.0. The van der Waals surface area contributed by atoms with Crippen LogP contribution in [0, 0.1) is 0 Å². The average Bonchev–Trinajstić information content (AvgIpc) is 2.36. The molecular weight excluding hydrogens is 267 g/mol. The Morgan fingerprint density at radius 3 is 2.00 bits per heavy atom. The Morgan fingerprint density at radius 1 is 1.06 bits per heavy atom. The van der Waals surface area contributed by atoms with Crippen LogP contribution in [0.1, 0.15) is 51.1 Å². The van der Waals surface area contributed by atoms with Crippen molar-refractivity contribution < 1.29 is 0 Å². The second kappa shape index (κ2) is 9.62. The average molecular weight is 293 g/mol.